The highest BCUT2D eigenvalue weighted by molar-refractivity contribution is 6.30. The lowest BCUT2D eigenvalue weighted by atomic mass is 10.0. The molecule has 74 valence electrons. The lowest BCUT2D eigenvalue weighted by Crippen LogP contribution is -1.83. The smallest absolute Gasteiger partial charge is 0.0412 e. The van der Waals surface area contributed by atoms with Crippen LogP contribution in [0.1, 0.15) is 25.3 Å². The second kappa shape index (κ2) is 5.66. The van der Waals surface area contributed by atoms with Crippen molar-refractivity contribution in [2.45, 2.75) is 19.8 Å². The summed E-state index contributed by atoms with van der Waals surface area (Å²) in [6.07, 6.45) is 6.07. The zero-order chi connectivity index (χ0) is 10.4. The van der Waals surface area contributed by atoms with Crippen molar-refractivity contribution < 1.29 is 0 Å². The van der Waals surface area contributed by atoms with E-state index in [4.69, 9.17) is 11.6 Å². The van der Waals surface area contributed by atoms with Crippen molar-refractivity contribution in [3.05, 3.63) is 53.6 Å². The van der Waals surface area contributed by atoms with E-state index in [-0.39, 0.29) is 0 Å². The molecule has 0 spiro atoms. The van der Waals surface area contributed by atoms with Crippen molar-refractivity contribution in [1.82, 2.24) is 0 Å². The standard InChI is InChI=1S/C13H15Cl/c1-3-6-11(7-4-2)12-8-5-9-13(14)10-12/h3,5-6,8-10H,1,4,7H2,2H3. The van der Waals surface area contributed by atoms with Crippen LogP contribution >= 0.6 is 11.6 Å². The largest absolute Gasteiger partial charge is 0.0991 e. The first-order valence-corrected chi connectivity index (χ1v) is 5.23. The maximum Gasteiger partial charge on any atom is 0.0412 e. The summed E-state index contributed by atoms with van der Waals surface area (Å²) in [7, 11) is 0. The van der Waals surface area contributed by atoms with Gasteiger partial charge in [0.25, 0.3) is 0 Å². The normalized spacial score (nSPS) is 11.4. The van der Waals surface area contributed by atoms with Crippen LogP contribution < -0.4 is 0 Å². The van der Waals surface area contributed by atoms with E-state index in [1.54, 1.807) is 0 Å². The van der Waals surface area contributed by atoms with E-state index in [2.05, 4.69) is 25.6 Å². The molecule has 14 heavy (non-hydrogen) atoms. The number of allylic oxidation sites excluding steroid dienone is 3. The van der Waals surface area contributed by atoms with Crippen molar-refractivity contribution in [3.8, 4) is 0 Å². The van der Waals surface area contributed by atoms with E-state index in [1.807, 2.05) is 24.3 Å². The van der Waals surface area contributed by atoms with Gasteiger partial charge in [-0.25, -0.2) is 0 Å². The van der Waals surface area contributed by atoms with Gasteiger partial charge in [0.05, 0.1) is 0 Å². The van der Waals surface area contributed by atoms with Crippen LogP contribution in [0.3, 0.4) is 0 Å². The Morgan fingerprint density at radius 3 is 2.86 bits per heavy atom. The molecule has 0 saturated carbocycles. The average Bonchev–Trinajstić information content (AvgIpc) is 2.17. The lowest BCUT2D eigenvalue weighted by Gasteiger charge is -2.05. The highest BCUT2D eigenvalue weighted by Crippen LogP contribution is 2.22. The zero-order valence-electron chi connectivity index (χ0n) is 8.46. The quantitative estimate of drug-likeness (QED) is 0.626. The average molecular weight is 207 g/mol. The molecular formula is C13H15Cl. The number of hydrogen-bond donors (Lipinski definition) is 0. The van der Waals surface area contributed by atoms with Crippen molar-refractivity contribution >= 4 is 17.2 Å². The third kappa shape index (κ3) is 3.04. The fourth-order valence-corrected chi connectivity index (χ4v) is 1.61. The van der Waals surface area contributed by atoms with Gasteiger partial charge in [-0.15, -0.1) is 0 Å². The molecule has 1 aromatic rings. The van der Waals surface area contributed by atoms with Crippen LogP contribution in [0.5, 0.6) is 0 Å². The second-order valence-electron chi connectivity index (χ2n) is 3.19. The first-order chi connectivity index (χ1) is 6.77. The third-order valence-electron chi connectivity index (χ3n) is 2.03. The maximum atomic E-state index is 5.94. The molecule has 1 heteroatoms. The Morgan fingerprint density at radius 2 is 2.29 bits per heavy atom. The summed E-state index contributed by atoms with van der Waals surface area (Å²) in [5, 5.41) is 0.786. The molecule has 0 nitrogen and oxygen atoms in total. The van der Waals surface area contributed by atoms with Gasteiger partial charge in [0.15, 0.2) is 0 Å². The molecule has 0 radical (unpaired) electrons. The highest BCUT2D eigenvalue weighted by atomic mass is 35.5. The number of hydrogen-bond acceptors (Lipinski definition) is 0. The van der Waals surface area contributed by atoms with Gasteiger partial charge in [0.1, 0.15) is 0 Å². The van der Waals surface area contributed by atoms with Gasteiger partial charge in [0, 0.05) is 5.02 Å². The van der Waals surface area contributed by atoms with Crippen LogP contribution in [0, 0.1) is 0 Å². The Labute approximate surface area is 90.9 Å². The van der Waals surface area contributed by atoms with Gasteiger partial charge in [-0.3, -0.25) is 0 Å². The van der Waals surface area contributed by atoms with Gasteiger partial charge in [-0.05, 0) is 29.7 Å². The Bertz CT molecular complexity index is 337. The minimum atomic E-state index is 0.786. The highest BCUT2D eigenvalue weighted by Gasteiger charge is 1.99. The minimum Gasteiger partial charge on any atom is -0.0991 e. The van der Waals surface area contributed by atoms with Gasteiger partial charge >= 0.3 is 0 Å². The minimum absolute atomic E-state index is 0.786. The van der Waals surface area contributed by atoms with Crippen LogP contribution in [-0.4, -0.2) is 0 Å². The number of rotatable bonds is 4. The molecule has 0 saturated heterocycles. The molecule has 0 amide bonds. The van der Waals surface area contributed by atoms with Gasteiger partial charge < -0.3 is 0 Å². The summed E-state index contributed by atoms with van der Waals surface area (Å²) in [5.74, 6) is 0. The van der Waals surface area contributed by atoms with Crippen LogP contribution in [-0.2, 0) is 0 Å². The maximum absolute atomic E-state index is 5.94. The summed E-state index contributed by atoms with van der Waals surface area (Å²) in [6, 6.07) is 7.94. The van der Waals surface area contributed by atoms with Gasteiger partial charge in [-0.2, -0.15) is 0 Å². The summed E-state index contributed by atoms with van der Waals surface area (Å²) in [4.78, 5) is 0. The van der Waals surface area contributed by atoms with E-state index in [9.17, 15) is 0 Å². The zero-order valence-corrected chi connectivity index (χ0v) is 9.22. The fraction of sp³-hybridized carbons (Fsp3) is 0.231. The van der Waals surface area contributed by atoms with Crippen LogP contribution in [0.25, 0.3) is 5.57 Å². The fourth-order valence-electron chi connectivity index (χ4n) is 1.42. The molecule has 0 N–H and O–H groups in total. The summed E-state index contributed by atoms with van der Waals surface area (Å²) in [6.45, 7) is 5.89. The van der Waals surface area contributed by atoms with Crippen LogP contribution in [0.2, 0.25) is 5.02 Å². The third-order valence-corrected chi connectivity index (χ3v) is 2.27. The van der Waals surface area contributed by atoms with Crippen molar-refractivity contribution in [1.29, 1.82) is 0 Å². The lowest BCUT2D eigenvalue weighted by molar-refractivity contribution is 0.973. The number of halogens is 1. The van der Waals surface area contributed by atoms with Gasteiger partial charge in [0.2, 0.25) is 0 Å². The Balaban J connectivity index is 2.99. The Morgan fingerprint density at radius 1 is 1.50 bits per heavy atom. The molecule has 0 fully saturated rings. The summed E-state index contributed by atoms with van der Waals surface area (Å²) in [5.41, 5.74) is 2.49. The Kier molecular flexibility index (Phi) is 4.48. The molecule has 0 unspecified atom stereocenters. The van der Waals surface area contributed by atoms with Crippen LogP contribution in [0.15, 0.2) is 43.0 Å². The first-order valence-electron chi connectivity index (χ1n) is 4.85. The predicted octanol–water partition coefficient (Wildman–Crippen LogP) is 4.71. The molecule has 0 heterocycles. The monoisotopic (exact) mass is 206 g/mol. The van der Waals surface area contributed by atoms with Crippen molar-refractivity contribution in [3.63, 3.8) is 0 Å². The first kappa shape index (κ1) is 11.1. The summed E-state index contributed by atoms with van der Waals surface area (Å²) < 4.78 is 0. The topological polar surface area (TPSA) is 0 Å². The number of benzene rings is 1. The second-order valence-corrected chi connectivity index (χ2v) is 3.62. The predicted molar refractivity (Wildman–Crippen MR) is 64.5 cm³/mol. The van der Waals surface area contributed by atoms with E-state index >= 15 is 0 Å². The van der Waals surface area contributed by atoms with Crippen molar-refractivity contribution in [2.24, 2.45) is 0 Å². The molecule has 0 aliphatic heterocycles. The molecule has 0 bridgehead atoms. The summed E-state index contributed by atoms with van der Waals surface area (Å²) >= 11 is 5.94. The molecular weight excluding hydrogens is 192 g/mol. The van der Waals surface area contributed by atoms with E-state index in [0.717, 1.165) is 17.9 Å². The molecule has 0 atom stereocenters. The van der Waals surface area contributed by atoms with E-state index in [0.29, 0.717) is 0 Å². The van der Waals surface area contributed by atoms with E-state index in [1.165, 1.54) is 11.1 Å². The molecule has 1 rings (SSSR count). The molecule has 0 aromatic heterocycles. The van der Waals surface area contributed by atoms with E-state index < -0.39 is 0 Å². The molecule has 0 aliphatic rings. The van der Waals surface area contributed by atoms with Crippen molar-refractivity contribution in [2.75, 3.05) is 0 Å². The Hall–Kier alpha value is -1.01. The SMILES string of the molecule is C=CC=C(CCC)c1cccc(Cl)c1. The van der Waals surface area contributed by atoms with Crippen LogP contribution in [0.4, 0.5) is 0 Å². The molecule has 0 aliphatic carbocycles. The molecule has 1 aromatic carbocycles. The van der Waals surface area contributed by atoms with Gasteiger partial charge in [-0.1, -0.05) is 55.8 Å².